The van der Waals surface area contributed by atoms with Gasteiger partial charge in [-0.3, -0.25) is 9.59 Å². The van der Waals surface area contributed by atoms with Crippen LogP contribution < -0.4 is 10.6 Å². The molecule has 0 unspecified atom stereocenters. The van der Waals surface area contributed by atoms with Gasteiger partial charge >= 0.3 is 12.1 Å². The van der Waals surface area contributed by atoms with E-state index in [0.29, 0.717) is 12.2 Å². The number of ether oxygens (including phenoxy) is 2. The van der Waals surface area contributed by atoms with E-state index < -0.39 is 58.6 Å². The molecule has 3 rings (SSSR count). The van der Waals surface area contributed by atoms with Gasteiger partial charge in [-0.1, -0.05) is 26.8 Å². The predicted molar refractivity (Wildman–Crippen MR) is 140 cm³/mol. The van der Waals surface area contributed by atoms with Gasteiger partial charge in [-0.05, 0) is 56.9 Å². The van der Waals surface area contributed by atoms with Gasteiger partial charge in [0.1, 0.15) is 29.0 Å². The zero-order valence-corrected chi connectivity index (χ0v) is 24.1. The van der Waals surface area contributed by atoms with Crippen LogP contribution in [0.1, 0.15) is 73.2 Å². The molecule has 1 saturated heterocycles. The number of amides is 3. The minimum atomic E-state index is -1.22. The van der Waals surface area contributed by atoms with Gasteiger partial charge in [0.2, 0.25) is 11.8 Å². The minimum Gasteiger partial charge on any atom is -0.464 e. The number of carbonyl (C=O) groups is 4. The fraction of sp³-hybridized carbons (Fsp3) is 0.731. The lowest BCUT2D eigenvalue weighted by atomic mass is 9.85. The van der Waals surface area contributed by atoms with Crippen molar-refractivity contribution < 1.29 is 28.7 Å². The normalized spacial score (nSPS) is 25.4. The van der Waals surface area contributed by atoms with Gasteiger partial charge in [0.05, 0.1) is 12.6 Å². The molecule has 216 valence electrons. The van der Waals surface area contributed by atoms with Crippen molar-refractivity contribution in [1.29, 1.82) is 0 Å². The Kier molecular flexibility index (Phi) is 8.42. The summed E-state index contributed by atoms with van der Waals surface area (Å²) in [6.45, 7) is 18.1. The molecule has 2 aliphatic rings. The Hall–Kier alpha value is -3.51. The van der Waals surface area contributed by atoms with Crippen LogP contribution in [-0.2, 0) is 23.9 Å². The van der Waals surface area contributed by atoms with Crippen molar-refractivity contribution in [2.75, 3.05) is 13.2 Å². The fourth-order valence-corrected chi connectivity index (χ4v) is 4.86. The Morgan fingerprint density at radius 3 is 2.36 bits per heavy atom. The number of hydrogen-bond donors (Lipinski definition) is 2. The second kappa shape index (κ2) is 10.9. The highest BCUT2D eigenvalue weighted by molar-refractivity contribution is 5.96. The van der Waals surface area contributed by atoms with E-state index in [2.05, 4.69) is 32.7 Å². The van der Waals surface area contributed by atoms with Crippen LogP contribution in [0.2, 0.25) is 0 Å². The first-order valence-electron chi connectivity index (χ1n) is 13.2. The quantitative estimate of drug-likeness (QED) is 0.365. The van der Waals surface area contributed by atoms with Gasteiger partial charge in [-0.2, -0.15) is 0 Å². The highest BCUT2D eigenvalue weighted by atomic mass is 16.6. The number of aromatic nitrogens is 4. The number of aryl methyl sites for hydroxylation is 1. The molecule has 1 aromatic rings. The largest absolute Gasteiger partial charge is 0.464 e. The zero-order chi connectivity index (χ0) is 29.3. The van der Waals surface area contributed by atoms with Crippen LogP contribution in [0.4, 0.5) is 4.79 Å². The minimum absolute atomic E-state index is 0.128. The van der Waals surface area contributed by atoms with Crippen molar-refractivity contribution in [3.63, 3.8) is 0 Å². The second-order valence-electron chi connectivity index (χ2n) is 12.2. The molecular formula is C26H41N7O6. The van der Waals surface area contributed by atoms with Gasteiger partial charge in [0.25, 0.3) is 0 Å². The molecule has 3 amide bonds. The molecule has 2 fully saturated rings. The standard InChI is InChI=1S/C26H41N7O6/c1-10-16-13-26(16,22(36)38-11-2)28-20(34)18-12-17(33-15(3)29-30-31-33)14-32(18)21(35)19(24(4,5)6)27-23(37)39-25(7,8)9/h10,16-19H,1,11-14H2,2-9H3,(H,27,37)(H,28,34)/t16-,17-,18+,19-,26-/m1/s1. The molecule has 1 saturated carbocycles. The van der Waals surface area contributed by atoms with E-state index in [1.807, 2.05) is 20.8 Å². The zero-order valence-electron chi connectivity index (χ0n) is 24.1. The molecule has 2 heterocycles. The Morgan fingerprint density at radius 1 is 1.21 bits per heavy atom. The number of hydrogen-bond acceptors (Lipinski definition) is 9. The van der Waals surface area contributed by atoms with E-state index in [0.717, 1.165) is 0 Å². The van der Waals surface area contributed by atoms with Gasteiger partial charge in [-0.15, -0.1) is 11.7 Å². The van der Waals surface area contributed by atoms with Gasteiger partial charge < -0.3 is 25.0 Å². The molecule has 0 spiro atoms. The first kappa shape index (κ1) is 30.0. The van der Waals surface area contributed by atoms with Crippen molar-refractivity contribution in [2.24, 2.45) is 11.3 Å². The summed E-state index contributed by atoms with van der Waals surface area (Å²) in [5, 5.41) is 17.2. The van der Waals surface area contributed by atoms with Crippen molar-refractivity contribution in [3.8, 4) is 0 Å². The molecule has 1 aliphatic carbocycles. The molecule has 0 aromatic carbocycles. The Bertz CT molecular complexity index is 1120. The monoisotopic (exact) mass is 547 g/mol. The average Bonchev–Trinajstić information content (AvgIpc) is 3.11. The highest BCUT2D eigenvalue weighted by Crippen LogP contribution is 2.46. The number of likely N-dealkylation sites (tertiary alicyclic amines) is 1. The molecule has 5 atom stereocenters. The van der Waals surface area contributed by atoms with Crippen LogP contribution in [0, 0.1) is 18.3 Å². The summed E-state index contributed by atoms with van der Waals surface area (Å²) in [6, 6.07) is -2.35. The maximum absolute atomic E-state index is 14.1. The number of carbonyl (C=O) groups excluding carboxylic acids is 4. The van der Waals surface area contributed by atoms with E-state index in [4.69, 9.17) is 9.47 Å². The molecule has 2 N–H and O–H groups in total. The molecule has 13 nitrogen and oxygen atoms in total. The van der Waals surface area contributed by atoms with Crippen LogP contribution in [-0.4, -0.2) is 85.4 Å². The van der Waals surface area contributed by atoms with E-state index in [-0.39, 0.29) is 25.5 Å². The van der Waals surface area contributed by atoms with Crippen molar-refractivity contribution in [2.45, 2.75) is 97.5 Å². The lowest BCUT2D eigenvalue weighted by Gasteiger charge is -2.36. The van der Waals surface area contributed by atoms with Crippen LogP contribution in [0.5, 0.6) is 0 Å². The smallest absolute Gasteiger partial charge is 0.408 e. The lowest BCUT2D eigenvalue weighted by molar-refractivity contribution is -0.150. The highest BCUT2D eigenvalue weighted by Gasteiger charge is 2.62. The van der Waals surface area contributed by atoms with Gasteiger partial charge in [-0.25, -0.2) is 14.3 Å². The third kappa shape index (κ3) is 6.56. The van der Waals surface area contributed by atoms with Crippen molar-refractivity contribution >= 4 is 23.9 Å². The Balaban J connectivity index is 1.92. The molecule has 1 aliphatic heterocycles. The van der Waals surface area contributed by atoms with Crippen LogP contribution in [0.25, 0.3) is 0 Å². The van der Waals surface area contributed by atoms with E-state index in [1.165, 1.54) is 4.90 Å². The molecular weight excluding hydrogens is 506 g/mol. The van der Waals surface area contributed by atoms with Crippen molar-refractivity contribution in [3.05, 3.63) is 18.5 Å². The van der Waals surface area contributed by atoms with Crippen LogP contribution in [0.3, 0.4) is 0 Å². The average molecular weight is 548 g/mol. The van der Waals surface area contributed by atoms with E-state index in [9.17, 15) is 19.2 Å². The predicted octanol–water partition coefficient (Wildman–Crippen LogP) is 1.69. The first-order valence-corrected chi connectivity index (χ1v) is 13.2. The molecule has 1 aromatic heterocycles. The SMILES string of the molecule is C=C[C@@H]1C[C@]1(NC(=O)[C@@H]1C[C@@H](n2nnnc2C)CN1C(=O)[C@@H](NC(=O)OC(C)(C)C)C(C)(C)C)C(=O)OCC. The fourth-order valence-electron chi connectivity index (χ4n) is 4.86. The van der Waals surface area contributed by atoms with Gasteiger partial charge in [0, 0.05) is 18.9 Å². The third-order valence-corrected chi connectivity index (χ3v) is 6.93. The summed E-state index contributed by atoms with van der Waals surface area (Å²) in [6.07, 6.45) is 1.45. The van der Waals surface area contributed by atoms with Crippen LogP contribution >= 0.6 is 0 Å². The summed E-state index contributed by atoms with van der Waals surface area (Å²) in [7, 11) is 0. The summed E-state index contributed by atoms with van der Waals surface area (Å²) < 4.78 is 12.2. The Labute approximate surface area is 229 Å². The summed E-state index contributed by atoms with van der Waals surface area (Å²) in [5.74, 6) is -1.24. The molecule has 39 heavy (non-hydrogen) atoms. The Morgan fingerprint density at radius 2 is 1.87 bits per heavy atom. The van der Waals surface area contributed by atoms with Crippen LogP contribution in [0.15, 0.2) is 12.7 Å². The topological polar surface area (TPSA) is 158 Å². The molecule has 0 bridgehead atoms. The number of esters is 1. The number of tetrazole rings is 1. The lowest BCUT2D eigenvalue weighted by Crippen LogP contribution is -2.59. The summed E-state index contributed by atoms with van der Waals surface area (Å²) in [5.41, 5.74) is -2.69. The summed E-state index contributed by atoms with van der Waals surface area (Å²) in [4.78, 5) is 54.7. The van der Waals surface area contributed by atoms with Gasteiger partial charge in [0.15, 0.2) is 0 Å². The summed E-state index contributed by atoms with van der Waals surface area (Å²) >= 11 is 0. The number of rotatable bonds is 8. The maximum atomic E-state index is 14.1. The van der Waals surface area contributed by atoms with Crippen molar-refractivity contribution in [1.82, 2.24) is 35.7 Å². The van der Waals surface area contributed by atoms with E-state index in [1.54, 1.807) is 45.4 Å². The number of alkyl carbamates (subject to hydrolysis) is 1. The maximum Gasteiger partial charge on any atom is 0.408 e. The number of nitrogens with one attached hydrogen (secondary N) is 2. The molecule has 0 radical (unpaired) electrons. The third-order valence-electron chi connectivity index (χ3n) is 6.93. The molecule has 13 heteroatoms. The first-order chi connectivity index (χ1) is 18.0. The van der Waals surface area contributed by atoms with E-state index >= 15 is 0 Å². The number of nitrogens with zero attached hydrogens (tertiary/aromatic N) is 5. The second-order valence-corrected chi connectivity index (χ2v) is 12.2.